The average Bonchev–Trinajstić information content (AvgIpc) is 3.08. The van der Waals surface area contributed by atoms with Crippen molar-refractivity contribution in [2.75, 3.05) is 26.8 Å². The van der Waals surface area contributed by atoms with Gasteiger partial charge in [0.15, 0.2) is 0 Å². The number of rotatable bonds is 5. The Bertz CT molecular complexity index is 774. The van der Waals surface area contributed by atoms with Gasteiger partial charge >= 0.3 is 0 Å². The second kappa shape index (κ2) is 7.72. The van der Waals surface area contributed by atoms with Crippen LogP contribution >= 0.6 is 11.6 Å². The first-order valence-electron chi connectivity index (χ1n) is 8.06. The lowest BCUT2D eigenvalue weighted by atomic mass is 9.99. The van der Waals surface area contributed by atoms with Gasteiger partial charge in [-0.15, -0.1) is 0 Å². The molecule has 7 heteroatoms. The van der Waals surface area contributed by atoms with Crippen LogP contribution in [0.2, 0.25) is 5.02 Å². The van der Waals surface area contributed by atoms with Crippen molar-refractivity contribution in [3.05, 3.63) is 58.9 Å². The molecule has 0 fully saturated rings. The van der Waals surface area contributed by atoms with Crippen molar-refractivity contribution < 1.29 is 14.3 Å². The van der Waals surface area contributed by atoms with Crippen LogP contribution in [0.5, 0.6) is 0 Å². The van der Waals surface area contributed by atoms with Crippen molar-refractivity contribution in [3.63, 3.8) is 0 Å². The largest absolute Gasteiger partial charge is 0.375 e. The Balaban J connectivity index is 1.86. The van der Waals surface area contributed by atoms with Gasteiger partial charge in [0.05, 0.1) is 12.6 Å². The first kappa shape index (κ1) is 17.5. The molecule has 0 radical (unpaired) electrons. The van der Waals surface area contributed by atoms with Gasteiger partial charge in [-0.3, -0.25) is 9.59 Å². The minimum Gasteiger partial charge on any atom is -0.375 e. The second-order valence-corrected chi connectivity index (χ2v) is 6.25. The first-order valence-corrected chi connectivity index (χ1v) is 8.44. The van der Waals surface area contributed by atoms with Crippen molar-refractivity contribution in [1.82, 2.24) is 14.8 Å². The minimum atomic E-state index is -0.314. The number of hydrogen-bond donors (Lipinski definition) is 1. The molecule has 0 spiro atoms. The molecule has 6 nitrogen and oxygen atoms in total. The number of methoxy groups -OCH3 is 1. The molecule has 2 heterocycles. The zero-order chi connectivity index (χ0) is 17.8. The smallest absolute Gasteiger partial charge is 0.246 e. The number of fused-ring (bicyclic) bond motifs is 1. The molecule has 1 N–H and O–H groups in total. The third-order valence-corrected chi connectivity index (χ3v) is 4.61. The normalized spacial score (nSPS) is 16.4. The van der Waals surface area contributed by atoms with E-state index in [1.165, 1.54) is 7.11 Å². The molecule has 2 aromatic rings. The van der Waals surface area contributed by atoms with Gasteiger partial charge < -0.3 is 19.5 Å². The number of halogens is 1. The summed E-state index contributed by atoms with van der Waals surface area (Å²) in [6, 6.07) is 11.2. The highest BCUT2D eigenvalue weighted by atomic mass is 35.5. The fourth-order valence-electron chi connectivity index (χ4n) is 3.13. The van der Waals surface area contributed by atoms with Crippen LogP contribution in [0.3, 0.4) is 0 Å². The molecule has 2 amide bonds. The summed E-state index contributed by atoms with van der Waals surface area (Å²) in [6.45, 7) is 1.13. The summed E-state index contributed by atoms with van der Waals surface area (Å²) >= 11 is 6.40. The van der Waals surface area contributed by atoms with Crippen molar-refractivity contribution in [1.29, 1.82) is 0 Å². The van der Waals surface area contributed by atoms with Crippen LogP contribution in [-0.4, -0.2) is 48.1 Å². The standard InChI is InChI=1S/C18H20ClN3O3/c1-25-12-16(23)20-11-17(24)22-10-9-21-8-4-7-15(21)18(22)13-5-2-3-6-14(13)19/h2-8,18H,9-12H2,1H3,(H,20,23). The Labute approximate surface area is 151 Å². The molecule has 1 aromatic carbocycles. The monoisotopic (exact) mass is 361 g/mol. The van der Waals surface area contributed by atoms with E-state index in [0.29, 0.717) is 18.1 Å². The van der Waals surface area contributed by atoms with Gasteiger partial charge in [-0.2, -0.15) is 0 Å². The van der Waals surface area contributed by atoms with Crippen molar-refractivity contribution >= 4 is 23.4 Å². The number of aromatic nitrogens is 1. The van der Waals surface area contributed by atoms with Crippen LogP contribution in [0.25, 0.3) is 0 Å². The number of amides is 2. The van der Waals surface area contributed by atoms with E-state index >= 15 is 0 Å². The molecule has 132 valence electrons. The van der Waals surface area contributed by atoms with Crippen LogP contribution in [0.4, 0.5) is 0 Å². The number of hydrogen-bond acceptors (Lipinski definition) is 3. The summed E-state index contributed by atoms with van der Waals surface area (Å²) < 4.78 is 6.89. The molecule has 3 rings (SSSR count). The van der Waals surface area contributed by atoms with Gasteiger partial charge in [-0.05, 0) is 23.8 Å². The lowest BCUT2D eigenvalue weighted by Gasteiger charge is -2.37. The number of benzene rings is 1. The number of nitrogens with zero attached hydrogens (tertiary/aromatic N) is 2. The van der Waals surface area contributed by atoms with Crippen LogP contribution in [0.15, 0.2) is 42.6 Å². The SMILES string of the molecule is COCC(=O)NCC(=O)N1CCn2cccc2C1c1ccccc1Cl. The van der Waals surface area contributed by atoms with Crippen LogP contribution in [0, 0.1) is 0 Å². The van der Waals surface area contributed by atoms with E-state index in [1.54, 1.807) is 4.90 Å². The van der Waals surface area contributed by atoms with Crippen LogP contribution in [-0.2, 0) is 20.9 Å². The summed E-state index contributed by atoms with van der Waals surface area (Å²) in [5, 5.41) is 3.20. The molecule has 1 aromatic heterocycles. The summed E-state index contributed by atoms with van der Waals surface area (Å²) in [7, 11) is 1.44. The summed E-state index contributed by atoms with van der Waals surface area (Å²) in [5.41, 5.74) is 1.89. The van der Waals surface area contributed by atoms with E-state index in [0.717, 1.165) is 11.3 Å². The Morgan fingerprint density at radius 2 is 2.04 bits per heavy atom. The quantitative estimate of drug-likeness (QED) is 0.883. The average molecular weight is 362 g/mol. The lowest BCUT2D eigenvalue weighted by molar-refractivity contribution is -0.135. The van der Waals surface area contributed by atoms with E-state index in [1.807, 2.05) is 42.6 Å². The van der Waals surface area contributed by atoms with Crippen molar-refractivity contribution in [2.45, 2.75) is 12.6 Å². The van der Waals surface area contributed by atoms with Gasteiger partial charge in [0.2, 0.25) is 11.8 Å². The number of nitrogens with one attached hydrogen (secondary N) is 1. The molecule has 0 saturated heterocycles. The summed E-state index contributed by atoms with van der Waals surface area (Å²) in [5.74, 6) is -0.465. The Hall–Kier alpha value is -2.31. The zero-order valence-electron chi connectivity index (χ0n) is 13.9. The highest BCUT2D eigenvalue weighted by molar-refractivity contribution is 6.31. The van der Waals surface area contributed by atoms with E-state index < -0.39 is 0 Å². The van der Waals surface area contributed by atoms with Gasteiger partial charge in [0.1, 0.15) is 6.61 Å². The molecule has 0 saturated carbocycles. The molecule has 0 bridgehead atoms. The number of carbonyl (C=O) groups is 2. The Kier molecular flexibility index (Phi) is 5.40. The number of carbonyl (C=O) groups excluding carboxylic acids is 2. The maximum Gasteiger partial charge on any atom is 0.246 e. The molecule has 1 aliphatic heterocycles. The van der Waals surface area contributed by atoms with Gasteiger partial charge in [0.25, 0.3) is 0 Å². The molecule has 1 aliphatic rings. The lowest BCUT2D eigenvalue weighted by Crippen LogP contribution is -2.47. The van der Waals surface area contributed by atoms with Gasteiger partial charge in [-0.1, -0.05) is 29.8 Å². The Morgan fingerprint density at radius 1 is 1.24 bits per heavy atom. The van der Waals surface area contributed by atoms with Crippen molar-refractivity contribution in [3.8, 4) is 0 Å². The third kappa shape index (κ3) is 3.70. The molecule has 25 heavy (non-hydrogen) atoms. The minimum absolute atomic E-state index is 0.0654. The predicted octanol–water partition coefficient (Wildman–Crippen LogP) is 1.84. The highest BCUT2D eigenvalue weighted by Crippen LogP contribution is 2.35. The molecule has 1 unspecified atom stereocenters. The molecular weight excluding hydrogens is 342 g/mol. The Morgan fingerprint density at radius 3 is 2.80 bits per heavy atom. The highest BCUT2D eigenvalue weighted by Gasteiger charge is 2.33. The maximum atomic E-state index is 12.8. The molecule has 0 aliphatic carbocycles. The molecule has 1 atom stereocenters. The van der Waals surface area contributed by atoms with Crippen LogP contribution in [0.1, 0.15) is 17.3 Å². The first-order chi connectivity index (χ1) is 12.1. The predicted molar refractivity (Wildman–Crippen MR) is 94.3 cm³/mol. The number of ether oxygens (including phenoxy) is 1. The van der Waals surface area contributed by atoms with E-state index in [9.17, 15) is 9.59 Å². The summed E-state index contributed by atoms with van der Waals surface area (Å²) in [4.78, 5) is 26.1. The van der Waals surface area contributed by atoms with E-state index in [-0.39, 0.29) is 31.0 Å². The fraction of sp³-hybridized carbons (Fsp3) is 0.333. The zero-order valence-corrected chi connectivity index (χ0v) is 14.7. The van der Waals surface area contributed by atoms with E-state index in [2.05, 4.69) is 9.88 Å². The van der Waals surface area contributed by atoms with E-state index in [4.69, 9.17) is 16.3 Å². The topological polar surface area (TPSA) is 63.6 Å². The molecular formula is C18H20ClN3O3. The van der Waals surface area contributed by atoms with Gasteiger partial charge in [0, 0.05) is 37.1 Å². The maximum absolute atomic E-state index is 12.8. The fourth-order valence-corrected chi connectivity index (χ4v) is 3.37. The third-order valence-electron chi connectivity index (χ3n) is 4.27. The van der Waals surface area contributed by atoms with Gasteiger partial charge in [-0.25, -0.2) is 0 Å². The summed E-state index contributed by atoms with van der Waals surface area (Å²) in [6.07, 6.45) is 2.00. The van der Waals surface area contributed by atoms with Crippen molar-refractivity contribution in [2.24, 2.45) is 0 Å². The second-order valence-electron chi connectivity index (χ2n) is 5.85. The van der Waals surface area contributed by atoms with Crippen LogP contribution < -0.4 is 5.32 Å².